The summed E-state index contributed by atoms with van der Waals surface area (Å²) >= 11 is 6.57. The van der Waals surface area contributed by atoms with E-state index in [1.54, 1.807) is 30.4 Å². The lowest BCUT2D eigenvalue weighted by atomic mass is 9.94. The van der Waals surface area contributed by atoms with Crippen LogP contribution in [0.5, 0.6) is 5.75 Å². The van der Waals surface area contributed by atoms with Gasteiger partial charge in [-0.1, -0.05) is 24.6 Å². The van der Waals surface area contributed by atoms with E-state index >= 15 is 0 Å². The summed E-state index contributed by atoms with van der Waals surface area (Å²) in [7, 11) is 1.74. The van der Waals surface area contributed by atoms with Crippen molar-refractivity contribution in [1.82, 2.24) is 4.90 Å². The molecule has 0 saturated carbocycles. The molecule has 2 atom stereocenters. The van der Waals surface area contributed by atoms with Gasteiger partial charge in [0.1, 0.15) is 17.6 Å². The molecule has 8 heteroatoms. The smallest absolute Gasteiger partial charge is 0.250 e. The highest BCUT2D eigenvalue weighted by Crippen LogP contribution is 2.43. The van der Waals surface area contributed by atoms with E-state index in [-0.39, 0.29) is 17.7 Å². The second-order valence-corrected chi connectivity index (χ2v) is 9.78. The molecule has 0 spiro atoms. The molecular formula is C28H30ClFN4O2. The predicted octanol–water partition coefficient (Wildman–Crippen LogP) is 5.89. The average Bonchev–Trinajstić information content (AvgIpc) is 2.81. The number of hydrogen-bond acceptors (Lipinski definition) is 5. The fourth-order valence-electron chi connectivity index (χ4n) is 4.55. The molecule has 0 aliphatic carbocycles. The van der Waals surface area contributed by atoms with Crippen LogP contribution in [0.4, 0.5) is 15.8 Å². The Balaban J connectivity index is 1.88. The SMILES string of the molecule is CC[C@H](N)CN(C)C(=O)C1c2cc(-c3cc(O)cc(F)c3)c(Cl)cc2N=CN1c1cc(C)cc(C)c1. The van der Waals surface area contributed by atoms with Crippen LogP contribution in [0.2, 0.25) is 5.02 Å². The minimum absolute atomic E-state index is 0.151. The molecule has 1 aliphatic rings. The molecule has 0 fully saturated rings. The molecule has 1 heterocycles. The molecule has 0 radical (unpaired) electrons. The Morgan fingerprint density at radius 3 is 2.50 bits per heavy atom. The zero-order valence-corrected chi connectivity index (χ0v) is 21.6. The van der Waals surface area contributed by atoms with E-state index in [0.29, 0.717) is 33.9 Å². The van der Waals surface area contributed by atoms with Gasteiger partial charge in [-0.25, -0.2) is 9.38 Å². The highest BCUT2D eigenvalue weighted by Gasteiger charge is 2.35. The van der Waals surface area contributed by atoms with Gasteiger partial charge in [-0.15, -0.1) is 0 Å². The first-order valence-corrected chi connectivity index (χ1v) is 12.2. The van der Waals surface area contributed by atoms with Crippen LogP contribution in [0.25, 0.3) is 11.1 Å². The fourth-order valence-corrected chi connectivity index (χ4v) is 4.82. The number of aliphatic imine (C=N–C) groups is 1. The number of aryl methyl sites for hydroxylation is 2. The summed E-state index contributed by atoms with van der Waals surface area (Å²) in [6.45, 7) is 6.39. The number of carbonyl (C=O) groups is 1. The molecule has 1 unspecified atom stereocenters. The first kappa shape index (κ1) is 25.7. The second kappa shape index (κ2) is 10.3. The maximum absolute atomic E-state index is 14.1. The summed E-state index contributed by atoms with van der Waals surface area (Å²) in [4.78, 5) is 22.0. The predicted molar refractivity (Wildman–Crippen MR) is 144 cm³/mol. The molecule has 0 aromatic heterocycles. The van der Waals surface area contributed by atoms with Gasteiger partial charge in [0.05, 0.1) is 17.0 Å². The zero-order chi connectivity index (χ0) is 26.1. The van der Waals surface area contributed by atoms with Crippen LogP contribution in [-0.2, 0) is 4.79 Å². The van der Waals surface area contributed by atoms with E-state index in [4.69, 9.17) is 17.3 Å². The lowest BCUT2D eigenvalue weighted by Crippen LogP contribution is -2.46. The van der Waals surface area contributed by atoms with Gasteiger partial charge in [0.2, 0.25) is 5.91 Å². The quantitative estimate of drug-likeness (QED) is 0.435. The molecule has 0 saturated heterocycles. The van der Waals surface area contributed by atoms with Gasteiger partial charge < -0.3 is 20.6 Å². The molecule has 1 aliphatic heterocycles. The number of halogens is 2. The highest BCUT2D eigenvalue weighted by molar-refractivity contribution is 6.33. The number of amides is 1. The number of fused-ring (bicyclic) bond motifs is 1. The summed E-state index contributed by atoms with van der Waals surface area (Å²) in [5, 5.41) is 10.3. The number of anilines is 1. The van der Waals surface area contributed by atoms with Crippen molar-refractivity contribution in [3.8, 4) is 16.9 Å². The van der Waals surface area contributed by atoms with E-state index in [0.717, 1.165) is 29.3 Å². The van der Waals surface area contributed by atoms with E-state index < -0.39 is 11.9 Å². The Labute approximate surface area is 215 Å². The van der Waals surface area contributed by atoms with Gasteiger partial charge in [0.25, 0.3) is 0 Å². The Bertz CT molecular complexity index is 1300. The van der Waals surface area contributed by atoms with Crippen molar-refractivity contribution >= 4 is 35.2 Å². The van der Waals surface area contributed by atoms with Crippen LogP contribution in [0.1, 0.15) is 36.1 Å². The first-order chi connectivity index (χ1) is 17.1. The van der Waals surface area contributed by atoms with Gasteiger partial charge in [0, 0.05) is 42.5 Å². The summed E-state index contributed by atoms with van der Waals surface area (Å²) in [6, 6.07) is 12.4. The molecule has 1 amide bonds. The topological polar surface area (TPSA) is 82.2 Å². The fraction of sp³-hybridized carbons (Fsp3) is 0.286. The van der Waals surface area contributed by atoms with Crippen molar-refractivity contribution in [2.24, 2.45) is 10.7 Å². The van der Waals surface area contributed by atoms with Crippen molar-refractivity contribution in [1.29, 1.82) is 0 Å². The highest BCUT2D eigenvalue weighted by atomic mass is 35.5. The summed E-state index contributed by atoms with van der Waals surface area (Å²) < 4.78 is 14.1. The van der Waals surface area contributed by atoms with Gasteiger partial charge in [-0.2, -0.15) is 0 Å². The van der Waals surface area contributed by atoms with Gasteiger partial charge >= 0.3 is 0 Å². The average molecular weight is 509 g/mol. The number of hydrogen-bond donors (Lipinski definition) is 2. The minimum atomic E-state index is -0.745. The Kier molecular flexibility index (Phi) is 7.33. The van der Waals surface area contributed by atoms with E-state index in [2.05, 4.69) is 11.1 Å². The van der Waals surface area contributed by atoms with Crippen LogP contribution >= 0.6 is 11.6 Å². The molecule has 3 N–H and O–H groups in total. The largest absolute Gasteiger partial charge is 0.508 e. The molecule has 0 bridgehead atoms. The Morgan fingerprint density at radius 1 is 1.17 bits per heavy atom. The maximum atomic E-state index is 14.1. The number of aromatic hydroxyl groups is 1. The molecular weight excluding hydrogens is 479 g/mol. The van der Waals surface area contributed by atoms with Crippen molar-refractivity contribution in [3.05, 3.63) is 76.1 Å². The number of rotatable bonds is 6. The molecule has 188 valence electrons. The summed E-state index contributed by atoms with van der Waals surface area (Å²) in [6.07, 6.45) is 2.39. The molecule has 3 aromatic carbocycles. The molecule has 6 nitrogen and oxygen atoms in total. The van der Waals surface area contributed by atoms with Crippen molar-refractivity contribution in [2.75, 3.05) is 18.5 Å². The third kappa shape index (κ3) is 5.22. The summed E-state index contributed by atoms with van der Waals surface area (Å²) in [5.41, 5.74) is 11.2. The number of phenols is 1. The van der Waals surface area contributed by atoms with Gasteiger partial charge in [-0.3, -0.25) is 4.79 Å². The van der Waals surface area contributed by atoms with Crippen LogP contribution < -0.4 is 10.6 Å². The van der Waals surface area contributed by atoms with Crippen molar-refractivity contribution in [2.45, 2.75) is 39.3 Å². The lowest BCUT2D eigenvalue weighted by Gasteiger charge is -2.36. The zero-order valence-electron chi connectivity index (χ0n) is 20.8. The third-order valence-corrected chi connectivity index (χ3v) is 6.66. The number of nitrogens with two attached hydrogens (primary N) is 1. The molecule has 4 rings (SSSR count). The van der Waals surface area contributed by atoms with Gasteiger partial charge in [-0.05, 0) is 73.4 Å². The van der Waals surface area contributed by atoms with E-state index in [1.165, 1.54) is 12.1 Å². The monoisotopic (exact) mass is 508 g/mol. The second-order valence-electron chi connectivity index (χ2n) is 9.38. The van der Waals surface area contributed by atoms with Crippen LogP contribution in [0, 0.1) is 19.7 Å². The first-order valence-electron chi connectivity index (χ1n) is 11.8. The van der Waals surface area contributed by atoms with E-state index in [1.807, 2.05) is 37.8 Å². The van der Waals surface area contributed by atoms with Crippen LogP contribution in [0.3, 0.4) is 0 Å². The van der Waals surface area contributed by atoms with Crippen LogP contribution in [-0.4, -0.2) is 41.9 Å². The lowest BCUT2D eigenvalue weighted by molar-refractivity contribution is -0.131. The Morgan fingerprint density at radius 2 is 1.86 bits per heavy atom. The number of likely N-dealkylation sites (N-methyl/N-ethyl adjacent to an activating group) is 1. The van der Waals surface area contributed by atoms with E-state index in [9.17, 15) is 14.3 Å². The number of carbonyl (C=O) groups excluding carboxylic acids is 1. The minimum Gasteiger partial charge on any atom is -0.508 e. The van der Waals surface area contributed by atoms with Crippen molar-refractivity contribution in [3.63, 3.8) is 0 Å². The third-order valence-electron chi connectivity index (χ3n) is 6.35. The molecule has 3 aromatic rings. The Hall–Kier alpha value is -3.42. The van der Waals surface area contributed by atoms with Gasteiger partial charge in [0.15, 0.2) is 0 Å². The number of benzene rings is 3. The number of phenolic OH excluding ortho intramolecular Hbond substituents is 1. The standard InChI is InChI=1S/C28H30ClFN4O2/c1-5-20(31)14-33(4)28(36)27-24-12-23(18-9-19(30)11-22(35)10-18)25(29)13-26(24)32-15-34(27)21-7-16(2)6-17(3)8-21/h6-13,15,20,27,35H,5,14,31H2,1-4H3/t20-,27?/m0/s1. The van der Waals surface area contributed by atoms with Crippen LogP contribution in [0.15, 0.2) is 53.5 Å². The maximum Gasteiger partial charge on any atom is 0.250 e. The van der Waals surface area contributed by atoms with Crippen molar-refractivity contribution < 1.29 is 14.3 Å². The normalized spacial score (nSPS) is 15.5. The molecule has 36 heavy (non-hydrogen) atoms. The summed E-state index contributed by atoms with van der Waals surface area (Å²) in [5.74, 6) is -0.954. The number of nitrogens with zero attached hydrogens (tertiary/aromatic N) is 3.